The predicted octanol–water partition coefficient (Wildman–Crippen LogP) is 3.65. The molecule has 0 radical (unpaired) electrons. The number of anilines is 1. The Bertz CT molecular complexity index is 1160. The van der Waals surface area contributed by atoms with Crippen LogP contribution in [0.2, 0.25) is 0 Å². The smallest absolute Gasteiger partial charge is 0.265 e. The number of aromatic nitrogens is 2. The number of nitrogens with two attached hydrogens (primary N) is 1. The minimum Gasteiger partial charge on any atom is -0.364 e. The largest absolute Gasteiger partial charge is 0.364 e. The van der Waals surface area contributed by atoms with Crippen LogP contribution in [0.25, 0.3) is 21.5 Å². The molecule has 0 unspecified atom stereocenters. The normalized spacial score (nSPS) is 10.9. The summed E-state index contributed by atoms with van der Waals surface area (Å²) in [4.78, 5) is 30.1. The predicted molar refractivity (Wildman–Crippen MR) is 107 cm³/mol. The van der Waals surface area contributed by atoms with Crippen LogP contribution >= 0.6 is 11.3 Å². The number of pyridine rings is 1. The van der Waals surface area contributed by atoms with Crippen molar-refractivity contribution in [3.8, 4) is 10.6 Å². The Labute approximate surface area is 159 Å². The van der Waals surface area contributed by atoms with Crippen molar-refractivity contribution >= 4 is 39.7 Å². The first kappa shape index (κ1) is 17.0. The van der Waals surface area contributed by atoms with Crippen molar-refractivity contribution in [3.05, 3.63) is 71.4 Å². The summed E-state index contributed by atoms with van der Waals surface area (Å²) in [6, 6.07) is 14.8. The van der Waals surface area contributed by atoms with Gasteiger partial charge < -0.3 is 15.6 Å². The molecule has 0 spiro atoms. The van der Waals surface area contributed by atoms with Crippen LogP contribution in [-0.2, 0) is 7.05 Å². The molecule has 0 fully saturated rings. The number of rotatable bonds is 4. The first-order valence-electron chi connectivity index (χ1n) is 8.24. The van der Waals surface area contributed by atoms with Crippen molar-refractivity contribution < 1.29 is 9.59 Å². The molecule has 0 aliphatic heterocycles. The second-order valence-electron chi connectivity index (χ2n) is 6.09. The minimum absolute atomic E-state index is 0.270. The molecular weight excluding hydrogens is 360 g/mol. The SMILES string of the molecule is Cn1cc(NC(=O)c2cc(-c3cccs3)nc3ccccc23)cc1C(N)=O. The summed E-state index contributed by atoms with van der Waals surface area (Å²) in [5.74, 6) is -0.819. The van der Waals surface area contributed by atoms with E-state index in [1.54, 1.807) is 41.3 Å². The maximum Gasteiger partial charge on any atom is 0.265 e. The molecule has 1 aromatic carbocycles. The van der Waals surface area contributed by atoms with Gasteiger partial charge in [-0.3, -0.25) is 9.59 Å². The van der Waals surface area contributed by atoms with Gasteiger partial charge in [-0.1, -0.05) is 24.3 Å². The van der Waals surface area contributed by atoms with Crippen LogP contribution in [-0.4, -0.2) is 21.4 Å². The third-order valence-electron chi connectivity index (χ3n) is 4.25. The van der Waals surface area contributed by atoms with Crippen molar-refractivity contribution in [2.24, 2.45) is 12.8 Å². The number of thiophene rings is 1. The van der Waals surface area contributed by atoms with Crippen molar-refractivity contribution in [3.63, 3.8) is 0 Å². The zero-order valence-electron chi connectivity index (χ0n) is 14.5. The Morgan fingerprint density at radius 3 is 2.67 bits per heavy atom. The molecule has 27 heavy (non-hydrogen) atoms. The van der Waals surface area contributed by atoms with Gasteiger partial charge in [0.2, 0.25) is 0 Å². The summed E-state index contributed by atoms with van der Waals surface area (Å²) in [6.07, 6.45) is 1.65. The average molecular weight is 376 g/mol. The molecule has 0 bridgehead atoms. The number of benzene rings is 1. The number of fused-ring (bicyclic) bond motifs is 1. The first-order chi connectivity index (χ1) is 13.0. The molecule has 4 rings (SSSR count). The number of amides is 2. The molecule has 0 aliphatic carbocycles. The van der Waals surface area contributed by atoms with Gasteiger partial charge in [-0.05, 0) is 29.6 Å². The highest BCUT2D eigenvalue weighted by Gasteiger charge is 2.16. The van der Waals surface area contributed by atoms with E-state index in [1.165, 1.54) is 0 Å². The van der Waals surface area contributed by atoms with Crippen molar-refractivity contribution in [1.29, 1.82) is 0 Å². The third kappa shape index (κ3) is 3.20. The van der Waals surface area contributed by atoms with E-state index in [2.05, 4.69) is 10.3 Å². The van der Waals surface area contributed by atoms with Gasteiger partial charge in [0.1, 0.15) is 5.69 Å². The number of nitrogens with zero attached hydrogens (tertiary/aromatic N) is 2. The van der Waals surface area contributed by atoms with Crippen LogP contribution in [0.5, 0.6) is 0 Å². The highest BCUT2D eigenvalue weighted by Crippen LogP contribution is 2.28. The maximum atomic E-state index is 13.0. The fourth-order valence-electron chi connectivity index (χ4n) is 2.99. The molecular formula is C20H16N4O2S. The van der Waals surface area contributed by atoms with Gasteiger partial charge in [0, 0.05) is 18.6 Å². The fraction of sp³-hybridized carbons (Fsp3) is 0.0500. The lowest BCUT2D eigenvalue weighted by Gasteiger charge is -2.09. The molecule has 0 saturated carbocycles. The molecule has 2 amide bonds. The molecule has 3 N–H and O–H groups in total. The van der Waals surface area contributed by atoms with E-state index in [0.717, 1.165) is 21.5 Å². The van der Waals surface area contributed by atoms with E-state index in [1.807, 2.05) is 41.8 Å². The number of hydrogen-bond acceptors (Lipinski definition) is 4. The van der Waals surface area contributed by atoms with Crippen molar-refractivity contribution in [1.82, 2.24) is 9.55 Å². The monoisotopic (exact) mass is 376 g/mol. The quantitative estimate of drug-likeness (QED) is 0.570. The van der Waals surface area contributed by atoms with Crippen LogP contribution in [0.4, 0.5) is 5.69 Å². The zero-order valence-corrected chi connectivity index (χ0v) is 15.3. The van der Waals surface area contributed by atoms with E-state index in [0.29, 0.717) is 16.9 Å². The van der Waals surface area contributed by atoms with Crippen molar-refractivity contribution in [2.45, 2.75) is 0 Å². The molecule has 3 aromatic heterocycles. The Balaban J connectivity index is 1.77. The molecule has 3 heterocycles. The Morgan fingerprint density at radius 2 is 1.96 bits per heavy atom. The standard InChI is InChI=1S/C20H16N4O2S/c1-24-11-12(9-17(24)19(21)25)22-20(26)14-10-16(18-7-4-8-27-18)23-15-6-3-2-5-13(14)15/h2-11H,1H3,(H2,21,25)(H,22,26). The number of carbonyl (C=O) groups is 2. The average Bonchev–Trinajstić information content (AvgIpc) is 3.30. The van der Waals surface area contributed by atoms with Gasteiger partial charge in [0.05, 0.1) is 27.3 Å². The number of aryl methyl sites for hydroxylation is 1. The molecule has 4 aromatic rings. The summed E-state index contributed by atoms with van der Waals surface area (Å²) >= 11 is 1.57. The number of para-hydroxylation sites is 1. The number of hydrogen-bond donors (Lipinski definition) is 2. The van der Waals surface area contributed by atoms with Gasteiger partial charge in [-0.2, -0.15) is 0 Å². The molecule has 0 atom stereocenters. The molecule has 6 nitrogen and oxygen atoms in total. The first-order valence-corrected chi connectivity index (χ1v) is 9.12. The fourth-order valence-corrected chi connectivity index (χ4v) is 3.68. The topological polar surface area (TPSA) is 90.0 Å². The van der Waals surface area contributed by atoms with E-state index >= 15 is 0 Å². The molecule has 0 saturated heterocycles. The molecule has 0 aliphatic rings. The van der Waals surface area contributed by atoms with Gasteiger partial charge in [0.15, 0.2) is 0 Å². The summed E-state index contributed by atoms with van der Waals surface area (Å²) < 4.78 is 1.58. The summed E-state index contributed by atoms with van der Waals surface area (Å²) in [5, 5.41) is 5.59. The van der Waals surface area contributed by atoms with Crippen LogP contribution in [0.3, 0.4) is 0 Å². The summed E-state index contributed by atoms with van der Waals surface area (Å²) in [5.41, 5.74) is 8.19. The number of nitrogens with one attached hydrogen (secondary N) is 1. The van der Waals surface area contributed by atoms with E-state index in [4.69, 9.17) is 5.73 Å². The lowest BCUT2D eigenvalue weighted by molar-refractivity contribution is 0.0990. The number of carbonyl (C=O) groups excluding carboxylic acids is 2. The second-order valence-corrected chi connectivity index (χ2v) is 7.04. The molecule has 7 heteroatoms. The van der Waals surface area contributed by atoms with Crippen LogP contribution in [0.1, 0.15) is 20.8 Å². The summed E-state index contributed by atoms with van der Waals surface area (Å²) in [6.45, 7) is 0. The van der Waals surface area contributed by atoms with Gasteiger partial charge in [0.25, 0.3) is 11.8 Å². The highest BCUT2D eigenvalue weighted by molar-refractivity contribution is 7.13. The van der Waals surface area contributed by atoms with E-state index in [9.17, 15) is 9.59 Å². The van der Waals surface area contributed by atoms with Gasteiger partial charge in [-0.15, -0.1) is 11.3 Å². The third-order valence-corrected chi connectivity index (χ3v) is 5.14. The number of primary amides is 1. The highest BCUT2D eigenvalue weighted by atomic mass is 32.1. The van der Waals surface area contributed by atoms with Crippen LogP contribution < -0.4 is 11.1 Å². The lowest BCUT2D eigenvalue weighted by Crippen LogP contribution is -2.14. The maximum absolute atomic E-state index is 13.0. The molecule has 134 valence electrons. The Morgan fingerprint density at radius 1 is 1.15 bits per heavy atom. The zero-order chi connectivity index (χ0) is 19.0. The van der Waals surface area contributed by atoms with Gasteiger partial charge >= 0.3 is 0 Å². The Kier molecular flexibility index (Phi) is 4.21. The van der Waals surface area contributed by atoms with E-state index in [-0.39, 0.29) is 5.91 Å². The van der Waals surface area contributed by atoms with Crippen LogP contribution in [0, 0.1) is 0 Å². The minimum atomic E-state index is -0.549. The van der Waals surface area contributed by atoms with Crippen molar-refractivity contribution in [2.75, 3.05) is 5.32 Å². The Hall–Kier alpha value is -3.45. The van der Waals surface area contributed by atoms with Crippen LogP contribution in [0.15, 0.2) is 60.1 Å². The second kappa shape index (κ2) is 6.69. The summed E-state index contributed by atoms with van der Waals surface area (Å²) in [7, 11) is 1.70. The lowest BCUT2D eigenvalue weighted by atomic mass is 10.1. The van der Waals surface area contributed by atoms with E-state index < -0.39 is 5.91 Å². The van der Waals surface area contributed by atoms with Gasteiger partial charge in [-0.25, -0.2) is 4.98 Å².